The molecule has 1 aliphatic rings. The second kappa shape index (κ2) is 12.3. The summed E-state index contributed by atoms with van der Waals surface area (Å²) in [7, 11) is -1.56. The Morgan fingerprint density at radius 2 is 1.85 bits per heavy atom. The van der Waals surface area contributed by atoms with Crippen LogP contribution in [0.5, 0.6) is 5.75 Å². The number of carbonyl (C=O) groups is 1. The monoisotopic (exact) mass is 584 g/mol. The number of sulfone groups is 1. The minimum Gasteiger partial charge on any atom is -0.489 e. The number of fused-ring (bicyclic) bond motifs is 1. The summed E-state index contributed by atoms with van der Waals surface area (Å²) >= 11 is 1.72. The zero-order chi connectivity index (χ0) is 29.0. The van der Waals surface area contributed by atoms with Crippen molar-refractivity contribution in [1.82, 2.24) is 0 Å². The molecule has 0 spiro atoms. The lowest BCUT2D eigenvalue weighted by atomic mass is 9.94. The zero-order valence-electron chi connectivity index (χ0n) is 23.4. The Kier molecular flexibility index (Phi) is 8.63. The van der Waals surface area contributed by atoms with Crippen LogP contribution in [-0.2, 0) is 26.0 Å². The van der Waals surface area contributed by atoms with Gasteiger partial charge in [0.15, 0.2) is 9.84 Å². The molecule has 210 valence electrons. The molecule has 5 nitrogen and oxygen atoms in total. The van der Waals surface area contributed by atoms with Crippen molar-refractivity contribution in [2.45, 2.75) is 39.2 Å². The van der Waals surface area contributed by atoms with Crippen LogP contribution in [0.15, 0.2) is 72.1 Å². The second-order valence-electron chi connectivity index (χ2n) is 10.2. The molecule has 0 aliphatic carbocycles. The molecule has 0 unspecified atom stereocenters. The average molecular weight is 585 g/mol. The van der Waals surface area contributed by atoms with E-state index in [9.17, 15) is 13.2 Å². The molecule has 0 saturated heterocycles. The molecule has 0 N–H and O–H groups in total. The van der Waals surface area contributed by atoms with Crippen LogP contribution in [0.3, 0.4) is 0 Å². The van der Waals surface area contributed by atoms with Gasteiger partial charge in [0.2, 0.25) is 0 Å². The lowest BCUT2D eigenvalue weighted by Crippen LogP contribution is -2.14. The average Bonchev–Trinajstić information content (AvgIpc) is 3.39. The lowest BCUT2D eigenvalue weighted by molar-refractivity contribution is -0.140. The van der Waals surface area contributed by atoms with E-state index in [-0.39, 0.29) is 29.8 Å². The Bertz CT molecular complexity index is 1780. The minimum absolute atomic E-state index is 0.122. The van der Waals surface area contributed by atoms with Crippen molar-refractivity contribution in [1.29, 1.82) is 0 Å². The fourth-order valence-corrected chi connectivity index (χ4v) is 7.21. The van der Waals surface area contributed by atoms with Crippen molar-refractivity contribution < 1.29 is 22.7 Å². The number of ether oxygens (including phenoxy) is 2. The first-order valence-corrected chi connectivity index (χ1v) is 16.2. The highest BCUT2D eigenvalue weighted by molar-refractivity contribution is 7.91. The summed E-state index contributed by atoms with van der Waals surface area (Å²) in [6, 6.07) is 20.6. The van der Waals surface area contributed by atoms with Gasteiger partial charge in [0.05, 0.1) is 31.0 Å². The normalized spacial score (nSPS) is 15.0. The van der Waals surface area contributed by atoms with Gasteiger partial charge in [-0.3, -0.25) is 4.79 Å². The Morgan fingerprint density at radius 1 is 1.05 bits per heavy atom. The van der Waals surface area contributed by atoms with Gasteiger partial charge in [-0.25, -0.2) is 8.42 Å². The van der Waals surface area contributed by atoms with Crippen molar-refractivity contribution in [3.8, 4) is 28.7 Å². The molecule has 0 bridgehead atoms. The van der Waals surface area contributed by atoms with E-state index >= 15 is 0 Å². The van der Waals surface area contributed by atoms with Crippen LogP contribution in [0.25, 0.3) is 26.8 Å². The number of benzene rings is 3. The van der Waals surface area contributed by atoms with E-state index in [0.717, 1.165) is 33.6 Å². The molecule has 0 radical (unpaired) electrons. The van der Waals surface area contributed by atoms with E-state index in [1.165, 1.54) is 28.3 Å². The molecule has 4 aromatic rings. The van der Waals surface area contributed by atoms with E-state index in [4.69, 9.17) is 9.47 Å². The SMILES string of the molecule is CC#C[C@@H](CC(=O)OC)c1ccc(OCc2ccc3scc(-c4ccc(C5=CCS(=O)(=O)CC5)cc4C)c3c2)cc1. The highest BCUT2D eigenvalue weighted by Gasteiger charge is 2.19. The van der Waals surface area contributed by atoms with Crippen molar-refractivity contribution in [2.75, 3.05) is 18.6 Å². The number of thiophene rings is 1. The molecule has 5 rings (SSSR count). The van der Waals surface area contributed by atoms with Crippen molar-refractivity contribution >= 4 is 42.8 Å². The van der Waals surface area contributed by atoms with E-state index in [2.05, 4.69) is 60.5 Å². The van der Waals surface area contributed by atoms with Gasteiger partial charge in [0, 0.05) is 15.6 Å². The Hall–Kier alpha value is -3.86. The summed E-state index contributed by atoms with van der Waals surface area (Å²) in [5.41, 5.74) is 7.76. The van der Waals surface area contributed by atoms with E-state index < -0.39 is 9.84 Å². The molecule has 0 saturated carbocycles. The molecule has 2 heterocycles. The van der Waals surface area contributed by atoms with Gasteiger partial charge < -0.3 is 9.47 Å². The predicted molar refractivity (Wildman–Crippen MR) is 167 cm³/mol. The number of esters is 1. The number of rotatable bonds is 8. The number of carbonyl (C=O) groups excluding carboxylic acids is 1. The summed E-state index contributed by atoms with van der Waals surface area (Å²) in [6.07, 6.45) is 2.63. The highest BCUT2D eigenvalue weighted by atomic mass is 32.2. The van der Waals surface area contributed by atoms with Gasteiger partial charge in [0.25, 0.3) is 0 Å². The lowest BCUT2D eigenvalue weighted by Gasteiger charge is -2.15. The standard InChI is InChI=1S/C34H32O5S2/c1-4-5-27(20-34(35)38-3)25-7-10-29(11-8-25)39-21-24-6-13-33-31(19-24)32(22-40-33)30-12-9-28(18-23(30)2)26-14-16-41(36,37)17-15-26/h6-14,18-19,22,27H,15-17,20-21H2,1-3H3/t27-/m0/s1. The number of hydrogen-bond donors (Lipinski definition) is 0. The van der Waals surface area contributed by atoms with Crippen molar-refractivity contribution in [3.63, 3.8) is 0 Å². The zero-order valence-corrected chi connectivity index (χ0v) is 25.0. The summed E-state index contributed by atoms with van der Waals surface area (Å²) in [5, 5.41) is 3.39. The van der Waals surface area contributed by atoms with Crippen LogP contribution in [0, 0.1) is 18.8 Å². The van der Waals surface area contributed by atoms with E-state index in [1.54, 1.807) is 18.3 Å². The highest BCUT2D eigenvalue weighted by Crippen LogP contribution is 2.37. The van der Waals surface area contributed by atoms with Crippen LogP contribution in [0.4, 0.5) is 0 Å². The first-order chi connectivity index (χ1) is 19.8. The molecule has 7 heteroatoms. The van der Waals surface area contributed by atoms with Gasteiger partial charge in [-0.1, -0.05) is 48.4 Å². The third-order valence-electron chi connectivity index (χ3n) is 7.40. The van der Waals surface area contributed by atoms with Gasteiger partial charge in [-0.05, 0) is 83.3 Å². The van der Waals surface area contributed by atoms with Crippen LogP contribution < -0.4 is 4.74 Å². The first kappa shape index (κ1) is 28.7. The maximum atomic E-state index is 11.8. The molecule has 1 atom stereocenters. The van der Waals surface area contributed by atoms with Crippen LogP contribution in [-0.4, -0.2) is 33.0 Å². The first-order valence-electron chi connectivity index (χ1n) is 13.5. The topological polar surface area (TPSA) is 69.7 Å². The molecular formula is C34H32O5S2. The third kappa shape index (κ3) is 6.73. The Labute approximate surface area is 245 Å². The van der Waals surface area contributed by atoms with Gasteiger partial charge in [-0.15, -0.1) is 17.3 Å². The smallest absolute Gasteiger partial charge is 0.307 e. The largest absolute Gasteiger partial charge is 0.489 e. The molecule has 0 fully saturated rings. The fraction of sp³-hybridized carbons (Fsp3) is 0.265. The van der Waals surface area contributed by atoms with E-state index in [1.807, 2.05) is 30.3 Å². The molecule has 1 aliphatic heterocycles. The quantitative estimate of drug-likeness (QED) is 0.160. The molecule has 3 aromatic carbocycles. The van der Waals surface area contributed by atoms with Crippen LogP contribution >= 0.6 is 11.3 Å². The summed E-state index contributed by atoms with van der Waals surface area (Å²) in [6.45, 7) is 4.31. The van der Waals surface area contributed by atoms with Gasteiger partial charge in [-0.2, -0.15) is 0 Å². The summed E-state index contributed by atoms with van der Waals surface area (Å²) < 4.78 is 35.8. The summed E-state index contributed by atoms with van der Waals surface area (Å²) in [5.74, 6) is 6.57. The molecule has 0 amide bonds. The fourth-order valence-electron chi connectivity index (χ4n) is 5.12. The van der Waals surface area contributed by atoms with Gasteiger partial charge in [0.1, 0.15) is 12.4 Å². The Balaban J connectivity index is 1.31. The molecular weight excluding hydrogens is 553 g/mol. The maximum Gasteiger partial charge on any atom is 0.307 e. The molecule has 1 aromatic heterocycles. The second-order valence-corrected chi connectivity index (χ2v) is 13.3. The van der Waals surface area contributed by atoms with Crippen molar-refractivity contribution in [2.24, 2.45) is 0 Å². The molecule has 41 heavy (non-hydrogen) atoms. The maximum absolute atomic E-state index is 11.8. The number of hydrogen-bond acceptors (Lipinski definition) is 6. The third-order valence-corrected chi connectivity index (χ3v) is 9.86. The minimum atomic E-state index is -2.95. The van der Waals surface area contributed by atoms with Crippen LogP contribution in [0.2, 0.25) is 0 Å². The predicted octanol–water partition coefficient (Wildman–Crippen LogP) is 7.33. The summed E-state index contributed by atoms with van der Waals surface area (Å²) in [4.78, 5) is 11.8. The Morgan fingerprint density at radius 3 is 2.54 bits per heavy atom. The van der Waals surface area contributed by atoms with Crippen molar-refractivity contribution in [3.05, 3.63) is 94.4 Å². The number of allylic oxidation sites excluding steroid dienone is 1. The number of aryl methyl sites for hydroxylation is 1. The van der Waals surface area contributed by atoms with Gasteiger partial charge >= 0.3 is 5.97 Å². The number of methoxy groups -OCH3 is 1. The van der Waals surface area contributed by atoms with E-state index in [0.29, 0.717) is 13.0 Å². The van der Waals surface area contributed by atoms with Crippen LogP contribution in [0.1, 0.15) is 47.9 Å².